The molecule has 0 radical (unpaired) electrons. The molecule has 2 aliphatic rings. The minimum Gasteiger partial charge on any atom is -0.472 e. The topological polar surface area (TPSA) is 83.5 Å². The number of allylic oxidation sites excluding steroid dienone is 1. The molecule has 2 aromatic heterocycles. The van der Waals surface area contributed by atoms with Crippen molar-refractivity contribution in [2.75, 3.05) is 24.5 Å². The molecular formula is C31H35F3N6O2. The van der Waals surface area contributed by atoms with Crippen LogP contribution in [0.15, 0.2) is 67.0 Å². The Bertz CT molecular complexity index is 1420. The number of rotatable bonds is 9. The van der Waals surface area contributed by atoms with Crippen LogP contribution in [0.25, 0.3) is 0 Å². The SMILES string of the molecule is C=C(C)N1CCN(c2ccc(CNC(=O)C3(c4ccc(OCc5ccc(C(F)(F)F)nc5)nn4)CC3)cc2)CC1(C)C. The van der Waals surface area contributed by atoms with Crippen molar-refractivity contribution >= 4 is 11.6 Å². The molecule has 0 atom stereocenters. The van der Waals surface area contributed by atoms with E-state index in [0.29, 0.717) is 30.6 Å². The van der Waals surface area contributed by atoms with Crippen molar-refractivity contribution in [3.63, 3.8) is 0 Å². The van der Waals surface area contributed by atoms with E-state index in [2.05, 4.69) is 69.8 Å². The van der Waals surface area contributed by atoms with Crippen LogP contribution in [0, 0.1) is 0 Å². The van der Waals surface area contributed by atoms with E-state index in [1.165, 1.54) is 6.07 Å². The molecule has 8 nitrogen and oxygen atoms in total. The van der Waals surface area contributed by atoms with Crippen LogP contribution in [0.5, 0.6) is 5.88 Å². The van der Waals surface area contributed by atoms with Gasteiger partial charge in [0.2, 0.25) is 11.8 Å². The Kier molecular flexibility index (Phi) is 7.87. The predicted molar refractivity (Wildman–Crippen MR) is 153 cm³/mol. The van der Waals surface area contributed by atoms with E-state index in [0.717, 1.165) is 48.8 Å². The Morgan fingerprint density at radius 3 is 2.29 bits per heavy atom. The highest BCUT2D eigenvalue weighted by Crippen LogP contribution is 2.47. The third-order valence-corrected chi connectivity index (χ3v) is 7.93. The second-order valence-corrected chi connectivity index (χ2v) is 11.6. The number of benzene rings is 1. The molecule has 5 rings (SSSR count). The van der Waals surface area contributed by atoms with Crippen LogP contribution in [0.3, 0.4) is 0 Å². The van der Waals surface area contributed by atoms with Crippen molar-refractivity contribution in [2.45, 2.75) is 63.9 Å². The van der Waals surface area contributed by atoms with Gasteiger partial charge in [-0.05, 0) is 63.4 Å². The lowest BCUT2D eigenvalue weighted by molar-refractivity contribution is -0.141. The molecule has 42 heavy (non-hydrogen) atoms. The van der Waals surface area contributed by atoms with Crippen molar-refractivity contribution in [3.05, 3.63) is 89.5 Å². The van der Waals surface area contributed by atoms with Gasteiger partial charge < -0.3 is 19.9 Å². The first-order chi connectivity index (χ1) is 19.9. The number of alkyl halides is 3. The molecule has 0 unspecified atom stereocenters. The number of hydrogen-bond acceptors (Lipinski definition) is 7. The van der Waals surface area contributed by atoms with E-state index in [1.807, 2.05) is 12.1 Å². The maximum atomic E-state index is 13.1. The number of hydrogen-bond donors (Lipinski definition) is 1. The van der Waals surface area contributed by atoms with Gasteiger partial charge in [-0.15, -0.1) is 5.10 Å². The van der Waals surface area contributed by atoms with Crippen LogP contribution in [-0.4, -0.2) is 51.2 Å². The van der Waals surface area contributed by atoms with Gasteiger partial charge in [0, 0.05) is 55.4 Å². The molecule has 1 aliphatic carbocycles. The summed E-state index contributed by atoms with van der Waals surface area (Å²) in [6, 6.07) is 13.8. The lowest BCUT2D eigenvalue weighted by atomic mass is 9.97. The van der Waals surface area contributed by atoms with Gasteiger partial charge in [-0.1, -0.05) is 24.8 Å². The van der Waals surface area contributed by atoms with E-state index in [4.69, 9.17) is 4.74 Å². The fourth-order valence-electron chi connectivity index (χ4n) is 5.47. The largest absolute Gasteiger partial charge is 0.472 e. The maximum absolute atomic E-state index is 13.1. The molecule has 1 saturated heterocycles. The number of aromatic nitrogens is 3. The number of carbonyl (C=O) groups excluding carboxylic acids is 1. The van der Waals surface area contributed by atoms with Crippen LogP contribution < -0.4 is 15.0 Å². The number of piperazine rings is 1. The van der Waals surface area contributed by atoms with Crippen molar-refractivity contribution in [3.8, 4) is 5.88 Å². The van der Waals surface area contributed by atoms with Gasteiger partial charge in [-0.3, -0.25) is 9.78 Å². The molecular weight excluding hydrogens is 545 g/mol. The maximum Gasteiger partial charge on any atom is 0.433 e. The Labute approximate surface area is 243 Å². The molecule has 1 N–H and O–H groups in total. The minimum absolute atomic E-state index is 0.00786. The van der Waals surface area contributed by atoms with Gasteiger partial charge in [0.25, 0.3) is 0 Å². The van der Waals surface area contributed by atoms with E-state index in [-0.39, 0.29) is 23.9 Å². The molecule has 1 saturated carbocycles. The van der Waals surface area contributed by atoms with Crippen LogP contribution >= 0.6 is 0 Å². The zero-order valence-corrected chi connectivity index (χ0v) is 24.0. The summed E-state index contributed by atoms with van der Waals surface area (Å²) in [6.07, 6.45) is -2.02. The molecule has 3 aromatic rings. The third-order valence-electron chi connectivity index (χ3n) is 7.93. The number of anilines is 1. The quantitative estimate of drug-likeness (QED) is 0.370. The molecule has 1 aliphatic heterocycles. The van der Waals surface area contributed by atoms with Crippen molar-refractivity contribution in [1.29, 1.82) is 0 Å². The molecule has 0 spiro atoms. The minimum atomic E-state index is -4.49. The first kappa shape index (κ1) is 29.3. The summed E-state index contributed by atoms with van der Waals surface area (Å²) in [5.41, 5.74) is 2.61. The van der Waals surface area contributed by atoms with Crippen LogP contribution in [0.4, 0.5) is 18.9 Å². The molecule has 1 aromatic carbocycles. The fraction of sp³-hybridized carbons (Fsp3) is 0.419. The fourth-order valence-corrected chi connectivity index (χ4v) is 5.47. The monoisotopic (exact) mass is 580 g/mol. The average Bonchev–Trinajstić information content (AvgIpc) is 3.77. The highest BCUT2D eigenvalue weighted by molar-refractivity contribution is 5.90. The molecule has 222 valence electrons. The summed E-state index contributed by atoms with van der Waals surface area (Å²) in [6.45, 7) is 13.8. The Balaban J connectivity index is 1.13. The van der Waals surface area contributed by atoms with Crippen LogP contribution in [0.1, 0.15) is 56.1 Å². The predicted octanol–water partition coefficient (Wildman–Crippen LogP) is 5.25. The Hall–Kier alpha value is -4.15. The zero-order chi connectivity index (χ0) is 30.1. The highest BCUT2D eigenvalue weighted by Gasteiger charge is 2.52. The summed E-state index contributed by atoms with van der Waals surface area (Å²) in [7, 11) is 0. The second kappa shape index (κ2) is 11.3. The second-order valence-electron chi connectivity index (χ2n) is 11.6. The van der Waals surface area contributed by atoms with E-state index >= 15 is 0 Å². The highest BCUT2D eigenvalue weighted by atomic mass is 19.4. The van der Waals surface area contributed by atoms with Crippen LogP contribution in [-0.2, 0) is 29.5 Å². The van der Waals surface area contributed by atoms with E-state index in [1.54, 1.807) is 12.1 Å². The Morgan fingerprint density at radius 2 is 1.74 bits per heavy atom. The van der Waals surface area contributed by atoms with Crippen molar-refractivity contribution < 1.29 is 22.7 Å². The Morgan fingerprint density at radius 1 is 1.02 bits per heavy atom. The number of nitrogens with one attached hydrogen (secondary N) is 1. The van der Waals surface area contributed by atoms with Gasteiger partial charge in [-0.2, -0.15) is 18.3 Å². The van der Waals surface area contributed by atoms with E-state index in [9.17, 15) is 18.0 Å². The lowest BCUT2D eigenvalue weighted by Gasteiger charge is -2.49. The summed E-state index contributed by atoms with van der Waals surface area (Å²) < 4.78 is 43.6. The zero-order valence-electron chi connectivity index (χ0n) is 24.0. The molecule has 3 heterocycles. The van der Waals surface area contributed by atoms with Crippen molar-refractivity contribution in [1.82, 2.24) is 25.4 Å². The van der Waals surface area contributed by atoms with Gasteiger partial charge >= 0.3 is 6.18 Å². The first-order valence-electron chi connectivity index (χ1n) is 13.9. The van der Waals surface area contributed by atoms with Crippen LogP contribution in [0.2, 0.25) is 0 Å². The number of carbonyl (C=O) groups is 1. The smallest absolute Gasteiger partial charge is 0.433 e. The number of ether oxygens (including phenoxy) is 1. The lowest BCUT2D eigenvalue weighted by Crippen LogP contribution is -2.58. The number of pyridine rings is 1. The van der Waals surface area contributed by atoms with E-state index < -0.39 is 17.3 Å². The van der Waals surface area contributed by atoms with Crippen molar-refractivity contribution in [2.24, 2.45) is 0 Å². The van der Waals surface area contributed by atoms with Gasteiger partial charge in [0.05, 0.1) is 16.6 Å². The summed E-state index contributed by atoms with van der Waals surface area (Å²) in [5.74, 6) is 0.113. The number of nitrogens with zero attached hydrogens (tertiary/aromatic N) is 5. The summed E-state index contributed by atoms with van der Waals surface area (Å²) in [4.78, 5) is 21.3. The number of halogens is 3. The standard InChI is InChI=1S/C31H35F3N6O2/c1-21(2)40-16-15-39(20-29(40,3)4)24-8-5-22(6-9-24)17-36-28(41)30(13-14-30)25-11-12-27(38-37-25)42-19-23-7-10-26(35-18-23)31(32,33)34/h5-12,18H,1,13-17,19-20H2,2-4H3,(H,36,41). The summed E-state index contributed by atoms with van der Waals surface area (Å²) in [5, 5.41) is 11.3. The normalized spacial score (nSPS) is 17.5. The molecule has 2 fully saturated rings. The summed E-state index contributed by atoms with van der Waals surface area (Å²) >= 11 is 0. The van der Waals surface area contributed by atoms with Gasteiger partial charge in [0.15, 0.2) is 0 Å². The molecule has 0 bridgehead atoms. The van der Waals surface area contributed by atoms with Gasteiger partial charge in [-0.25, -0.2) is 0 Å². The number of amides is 1. The first-order valence-corrected chi connectivity index (χ1v) is 13.9. The van der Waals surface area contributed by atoms with Gasteiger partial charge in [0.1, 0.15) is 12.3 Å². The average molecular weight is 581 g/mol. The molecule has 1 amide bonds. The third kappa shape index (κ3) is 6.34. The molecule has 11 heteroatoms.